The van der Waals surface area contributed by atoms with Crippen molar-refractivity contribution in [1.29, 1.82) is 0 Å². The lowest BCUT2D eigenvalue weighted by atomic mass is 9.85. The summed E-state index contributed by atoms with van der Waals surface area (Å²) in [4.78, 5) is 14.5. The fourth-order valence-corrected chi connectivity index (χ4v) is 5.10. The summed E-state index contributed by atoms with van der Waals surface area (Å²) in [6, 6.07) is -0.111. The molecule has 7 heteroatoms. The van der Waals surface area contributed by atoms with E-state index in [9.17, 15) is 13.2 Å². The minimum Gasteiger partial charge on any atom is -0.383 e. The number of hydrogen-bond donors (Lipinski definition) is 1. The molecular formula is C14H26N2O4S. The van der Waals surface area contributed by atoms with Crippen molar-refractivity contribution in [1.82, 2.24) is 4.90 Å². The average Bonchev–Trinajstić information content (AvgIpc) is 2.79. The second-order valence-electron chi connectivity index (χ2n) is 6.20. The molecule has 6 nitrogen and oxygen atoms in total. The molecule has 2 fully saturated rings. The molecule has 21 heavy (non-hydrogen) atoms. The van der Waals surface area contributed by atoms with Crippen LogP contribution in [0.2, 0.25) is 0 Å². The topological polar surface area (TPSA) is 89.7 Å². The number of rotatable bonds is 5. The number of methoxy groups -OCH3 is 1. The Labute approximate surface area is 126 Å². The van der Waals surface area contributed by atoms with Crippen LogP contribution in [0.25, 0.3) is 0 Å². The molecule has 2 rings (SSSR count). The monoisotopic (exact) mass is 318 g/mol. The molecule has 0 spiro atoms. The van der Waals surface area contributed by atoms with Crippen LogP contribution in [0.4, 0.5) is 0 Å². The van der Waals surface area contributed by atoms with Crippen LogP contribution >= 0.6 is 0 Å². The van der Waals surface area contributed by atoms with Crippen molar-refractivity contribution in [3.63, 3.8) is 0 Å². The third-order valence-corrected chi connectivity index (χ3v) is 6.28. The number of amides is 1. The maximum absolute atomic E-state index is 12.8. The molecule has 0 aromatic rings. The van der Waals surface area contributed by atoms with E-state index < -0.39 is 9.84 Å². The van der Waals surface area contributed by atoms with E-state index in [2.05, 4.69) is 0 Å². The zero-order valence-electron chi connectivity index (χ0n) is 12.7. The Balaban J connectivity index is 2.06. The molecule has 0 radical (unpaired) electrons. The Hall–Kier alpha value is -0.660. The van der Waals surface area contributed by atoms with Gasteiger partial charge in [0.25, 0.3) is 0 Å². The van der Waals surface area contributed by atoms with Crippen molar-refractivity contribution in [2.24, 2.45) is 11.7 Å². The van der Waals surface area contributed by atoms with Gasteiger partial charge in [-0.1, -0.05) is 6.42 Å². The second-order valence-corrected chi connectivity index (χ2v) is 8.43. The molecule has 1 heterocycles. The van der Waals surface area contributed by atoms with Crippen LogP contribution in [0.3, 0.4) is 0 Å². The molecule has 3 atom stereocenters. The summed E-state index contributed by atoms with van der Waals surface area (Å²) in [5.41, 5.74) is 5.97. The van der Waals surface area contributed by atoms with Crippen molar-refractivity contribution < 1.29 is 17.9 Å². The molecule has 1 saturated heterocycles. The number of nitrogens with zero attached hydrogens (tertiary/aromatic N) is 1. The van der Waals surface area contributed by atoms with E-state index in [1.54, 1.807) is 12.0 Å². The fourth-order valence-electron chi connectivity index (χ4n) is 3.37. The Morgan fingerprint density at radius 2 is 2.10 bits per heavy atom. The predicted molar refractivity (Wildman–Crippen MR) is 80.6 cm³/mol. The number of carbonyl (C=O) groups excluding carboxylic acids is 1. The molecule has 2 aliphatic rings. The average molecular weight is 318 g/mol. The van der Waals surface area contributed by atoms with E-state index in [1.807, 2.05) is 0 Å². The molecule has 1 amide bonds. The summed E-state index contributed by atoms with van der Waals surface area (Å²) in [5, 5.41) is 0. The van der Waals surface area contributed by atoms with E-state index in [0.29, 0.717) is 26.0 Å². The van der Waals surface area contributed by atoms with Gasteiger partial charge >= 0.3 is 0 Å². The smallest absolute Gasteiger partial charge is 0.226 e. The van der Waals surface area contributed by atoms with Crippen LogP contribution in [0.1, 0.15) is 32.1 Å². The molecule has 1 aliphatic carbocycles. The fraction of sp³-hybridized carbons (Fsp3) is 0.929. The van der Waals surface area contributed by atoms with Crippen molar-refractivity contribution >= 4 is 15.7 Å². The van der Waals surface area contributed by atoms with Crippen LogP contribution in [0.15, 0.2) is 0 Å². The standard InChI is InChI=1S/C14H26N2O4S/c1-20-7-6-16(13-5-8-21(18,19)10-13)14(17)11-3-2-4-12(15)9-11/h11-13H,2-10,15H2,1H3. The molecule has 1 aliphatic heterocycles. The number of hydrogen-bond acceptors (Lipinski definition) is 5. The highest BCUT2D eigenvalue weighted by Crippen LogP contribution is 2.27. The van der Waals surface area contributed by atoms with Gasteiger partial charge in [0.15, 0.2) is 9.84 Å². The SMILES string of the molecule is COCCN(C(=O)C1CCCC(N)C1)C1CCS(=O)(=O)C1. The number of nitrogens with two attached hydrogens (primary N) is 1. The van der Waals surface area contributed by atoms with E-state index in [-0.39, 0.29) is 35.4 Å². The largest absolute Gasteiger partial charge is 0.383 e. The number of ether oxygens (including phenoxy) is 1. The van der Waals surface area contributed by atoms with Gasteiger partial charge in [0.05, 0.1) is 18.1 Å². The minimum absolute atomic E-state index is 0.0595. The molecule has 3 unspecified atom stereocenters. The van der Waals surface area contributed by atoms with Crippen molar-refractivity contribution in [2.45, 2.75) is 44.2 Å². The van der Waals surface area contributed by atoms with Gasteiger partial charge in [0.2, 0.25) is 5.91 Å². The van der Waals surface area contributed by atoms with Crippen LogP contribution < -0.4 is 5.73 Å². The molecule has 122 valence electrons. The minimum atomic E-state index is -3.00. The van der Waals surface area contributed by atoms with E-state index in [4.69, 9.17) is 10.5 Å². The van der Waals surface area contributed by atoms with Gasteiger partial charge in [-0.05, 0) is 25.7 Å². The molecule has 1 saturated carbocycles. The quantitative estimate of drug-likeness (QED) is 0.780. The zero-order chi connectivity index (χ0) is 15.5. The van der Waals surface area contributed by atoms with Gasteiger partial charge in [-0.2, -0.15) is 0 Å². The number of sulfone groups is 1. The lowest BCUT2D eigenvalue weighted by Crippen LogP contribution is -2.47. The first-order valence-corrected chi connectivity index (χ1v) is 9.50. The zero-order valence-corrected chi connectivity index (χ0v) is 13.5. The van der Waals surface area contributed by atoms with Gasteiger partial charge in [-0.3, -0.25) is 4.79 Å². The van der Waals surface area contributed by atoms with Crippen LogP contribution in [-0.2, 0) is 19.4 Å². The molecule has 0 bridgehead atoms. The normalized spacial score (nSPS) is 32.0. The Bertz CT molecular complexity index is 466. The summed E-state index contributed by atoms with van der Waals surface area (Å²) in [7, 11) is -1.41. The van der Waals surface area contributed by atoms with Gasteiger partial charge in [-0.15, -0.1) is 0 Å². The predicted octanol–water partition coefficient (Wildman–Crippen LogP) is 0.166. The summed E-state index contributed by atoms with van der Waals surface area (Å²) in [5.74, 6) is 0.262. The van der Waals surface area contributed by atoms with Gasteiger partial charge in [-0.25, -0.2) is 8.42 Å². The lowest BCUT2D eigenvalue weighted by Gasteiger charge is -2.34. The first-order chi connectivity index (χ1) is 9.93. The van der Waals surface area contributed by atoms with Crippen molar-refractivity contribution in [3.8, 4) is 0 Å². The third-order valence-electron chi connectivity index (χ3n) is 4.53. The van der Waals surface area contributed by atoms with Gasteiger partial charge in [0.1, 0.15) is 0 Å². The maximum atomic E-state index is 12.8. The number of carbonyl (C=O) groups is 1. The third kappa shape index (κ3) is 4.40. The van der Waals surface area contributed by atoms with Crippen LogP contribution in [0.5, 0.6) is 0 Å². The molecule has 0 aromatic carbocycles. The summed E-state index contributed by atoms with van der Waals surface area (Å²) < 4.78 is 28.4. The Morgan fingerprint density at radius 1 is 1.33 bits per heavy atom. The summed E-state index contributed by atoms with van der Waals surface area (Å²) in [6.45, 7) is 0.891. The van der Waals surface area contributed by atoms with Gasteiger partial charge in [0, 0.05) is 31.7 Å². The maximum Gasteiger partial charge on any atom is 0.226 e. The van der Waals surface area contributed by atoms with Crippen LogP contribution in [0, 0.1) is 5.92 Å². The highest BCUT2D eigenvalue weighted by atomic mass is 32.2. The molecular weight excluding hydrogens is 292 g/mol. The van der Waals surface area contributed by atoms with Crippen molar-refractivity contribution in [3.05, 3.63) is 0 Å². The van der Waals surface area contributed by atoms with E-state index in [1.165, 1.54) is 0 Å². The molecule has 0 aromatic heterocycles. The first-order valence-electron chi connectivity index (χ1n) is 7.68. The first kappa shape index (κ1) is 16.7. The van der Waals surface area contributed by atoms with E-state index in [0.717, 1.165) is 19.3 Å². The van der Waals surface area contributed by atoms with Gasteiger partial charge < -0.3 is 15.4 Å². The summed E-state index contributed by atoms with van der Waals surface area (Å²) >= 11 is 0. The Morgan fingerprint density at radius 3 is 2.67 bits per heavy atom. The van der Waals surface area contributed by atoms with Crippen LogP contribution in [-0.4, -0.2) is 63.1 Å². The van der Waals surface area contributed by atoms with Crippen molar-refractivity contribution in [2.75, 3.05) is 31.8 Å². The highest BCUT2D eigenvalue weighted by molar-refractivity contribution is 7.91. The van der Waals surface area contributed by atoms with E-state index >= 15 is 0 Å². The molecule has 2 N–H and O–H groups in total. The lowest BCUT2D eigenvalue weighted by molar-refractivity contribution is -0.139. The Kier molecular flexibility index (Phi) is 5.62. The summed E-state index contributed by atoms with van der Waals surface area (Å²) in [6.07, 6.45) is 4.05. The second kappa shape index (κ2) is 7.07. The highest BCUT2D eigenvalue weighted by Gasteiger charge is 2.37.